The number of aliphatic imine (C=N–C) groups is 1. The molecule has 0 unspecified atom stereocenters. The van der Waals surface area contributed by atoms with Gasteiger partial charge in [-0.15, -0.1) is 0 Å². The Morgan fingerprint density at radius 1 is 1.27 bits per heavy atom. The Hall–Kier alpha value is -3.13. The first kappa shape index (κ1) is 17.7. The zero-order valence-electron chi connectivity index (χ0n) is 14.1. The van der Waals surface area contributed by atoms with Gasteiger partial charge in [-0.3, -0.25) is 14.9 Å². The van der Waals surface area contributed by atoms with Crippen LogP contribution in [0.2, 0.25) is 0 Å². The Labute approximate surface area is 153 Å². The summed E-state index contributed by atoms with van der Waals surface area (Å²) in [5.41, 5.74) is 2.99. The van der Waals surface area contributed by atoms with Gasteiger partial charge in [-0.2, -0.15) is 0 Å². The molecule has 7 nitrogen and oxygen atoms in total. The normalized spacial score (nSPS) is 17.4. The molecule has 1 aromatic carbocycles. The highest BCUT2D eigenvalue weighted by molar-refractivity contribution is 8.18. The summed E-state index contributed by atoms with van der Waals surface area (Å²) in [5, 5.41) is 13.8. The Balaban J connectivity index is 1.72. The van der Waals surface area contributed by atoms with E-state index in [4.69, 9.17) is 4.42 Å². The summed E-state index contributed by atoms with van der Waals surface area (Å²) in [7, 11) is 0. The summed E-state index contributed by atoms with van der Waals surface area (Å²) in [4.78, 5) is 26.9. The van der Waals surface area contributed by atoms with Crippen molar-refractivity contribution in [2.24, 2.45) is 4.99 Å². The van der Waals surface area contributed by atoms with Crippen molar-refractivity contribution in [3.8, 4) is 0 Å². The van der Waals surface area contributed by atoms with E-state index in [9.17, 15) is 14.9 Å². The van der Waals surface area contributed by atoms with Crippen molar-refractivity contribution in [2.45, 2.75) is 13.8 Å². The van der Waals surface area contributed by atoms with Crippen molar-refractivity contribution in [1.82, 2.24) is 5.32 Å². The van der Waals surface area contributed by atoms with Crippen LogP contribution < -0.4 is 5.32 Å². The van der Waals surface area contributed by atoms with Crippen molar-refractivity contribution in [1.29, 1.82) is 0 Å². The number of nitrogens with one attached hydrogen (secondary N) is 1. The Morgan fingerprint density at radius 3 is 2.77 bits per heavy atom. The van der Waals surface area contributed by atoms with E-state index in [0.29, 0.717) is 15.8 Å². The van der Waals surface area contributed by atoms with Gasteiger partial charge in [0.15, 0.2) is 5.17 Å². The number of thioether (sulfide) groups is 1. The van der Waals surface area contributed by atoms with E-state index in [1.54, 1.807) is 18.2 Å². The summed E-state index contributed by atoms with van der Waals surface area (Å²) >= 11 is 1.23. The van der Waals surface area contributed by atoms with Crippen LogP contribution in [0.3, 0.4) is 0 Å². The van der Waals surface area contributed by atoms with Crippen LogP contribution in [-0.2, 0) is 4.79 Å². The highest BCUT2D eigenvalue weighted by Gasteiger charge is 2.23. The monoisotopic (exact) mass is 369 g/mol. The van der Waals surface area contributed by atoms with Gasteiger partial charge < -0.3 is 9.73 Å². The number of carbonyl (C=O) groups excluding carboxylic acids is 1. The van der Waals surface area contributed by atoms with E-state index in [1.807, 2.05) is 32.0 Å². The minimum atomic E-state index is -0.605. The fraction of sp³-hybridized carbons (Fsp3) is 0.111. The molecule has 2 heterocycles. The van der Waals surface area contributed by atoms with Crippen LogP contribution in [0.1, 0.15) is 16.9 Å². The van der Waals surface area contributed by atoms with Crippen molar-refractivity contribution in [2.75, 3.05) is 0 Å². The molecule has 2 aromatic rings. The Bertz CT molecular complexity index is 973. The third kappa shape index (κ3) is 4.09. The van der Waals surface area contributed by atoms with E-state index in [1.165, 1.54) is 23.9 Å². The molecule has 1 fully saturated rings. The summed E-state index contributed by atoms with van der Waals surface area (Å²) in [5.74, 6) is -0.233. The second kappa shape index (κ2) is 7.40. The van der Waals surface area contributed by atoms with Crippen molar-refractivity contribution >= 4 is 40.5 Å². The number of nitro groups is 1. The Kier molecular flexibility index (Phi) is 5.04. The first-order valence-corrected chi connectivity index (χ1v) is 8.52. The SMILES string of the molecule is Cc1ccc(N=C2NC(=O)/C(=C/C=C/c3ccc([N+](=O)[O-])o3)S2)c(C)c1. The van der Waals surface area contributed by atoms with Crippen molar-refractivity contribution < 1.29 is 14.1 Å². The molecule has 1 aliphatic heterocycles. The zero-order chi connectivity index (χ0) is 18.7. The number of amides is 1. The van der Waals surface area contributed by atoms with E-state index in [0.717, 1.165) is 16.8 Å². The standard InChI is InChI=1S/C18H15N3O4S/c1-11-6-8-14(12(2)10-11)19-18-20-17(22)15(26-18)5-3-4-13-7-9-16(25-13)21(23)24/h3-10H,1-2H3,(H,19,20,22)/b4-3+,15-5-. The zero-order valence-corrected chi connectivity index (χ0v) is 14.9. The number of aryl methyl sites for hydroxylation is 2. The minimum Gasteiger partial charge on any atom is -0.401 e. The van der Waals surface area contributed by atoms with E-state index in [2.05, 4.69) is 10.3 Å². The van der Waals surface area contributed by atoms with Crippen molar-refractivity contribution in [3.05, 3.63) is 74.4 Å². The van der Waals surface area contributed by atoms with Crippen LogP contribution in [0, 0.1) is 24.0 Å². The molecule has 0 saturated carbocycles. The van der Waals surface area contributed by atoms with Gasteiger partial charge in [0.2, 0.25) is 0 Å². The average Bonchev–Trinajstić information content (AvgIpc) is 3.18. The second-order valence-corrected chi connectivity index (χ2v) is 6.62. The smallest absolute Gasteiger partial charge is 0.401 e. The molecular formula is C18H15N3O4S. The molecule has 0 aliphatic carbocycles. The predicted molar refractivity (Wildman–Crippen MR) is 101 cm³/mol. The molecule has 0 spiro atoms. The van der Waals surface area contributed by atoms with Crippen LogP contribution in [-0.4, -0.2) is 16.0 Å². The number of allylic oxidation sites excluding steroid dienone is 2. The molecular weight excluding hydrogens is 354 g/mol. The average molecular weight is 369 g/mol. The fourth-order valence-corrected chi connectivity index (χ4v) is 3.08. The van der Waals surface area contributed by atoms with E-state index in [-0.39, 0.29) is 11.8 Å². The van der Waals surface area contributed by atoms with Gasteiger partial charge in [0.1, 0.15) is 10.7 Å². The molecule has 0 atom stereocenters. The summed E-state index contributed by atoms with van der Waals surface area (Å²) < 4.78 is 5.01. The predicted octanol–water partition coefficient (Wildman–Crippen LogP) is 4.25. The second-order valence-electron chi connectivity index (χ2n) is 5.59. The largest absolute Gasteiger partial charge is 0.433 e. The number of benzene rings is 1. The number of rotatable bonds is 4. The summed E-state index contributed by atoms with van der Waals surface area (Å²) in [6.07, 6.45) is 4.76. The quantitative estimate of drug-likeness (QED) is 0.493. The van der Waals surface area contributed by atoms with Crippen molar-refractivity contribution in [3.63, 3.8) is 0 Å². The molecule has 1 aliphatic rings. The van der Waals surface area contributed by atoms with Gasteiger partial charge in [-0.1, -0.05) is 23.8 Å². The molecule has 132 valence electrons. The molecule has 0 radical (unpaired) electrons. The number of furan rings is 1. The van der Waals surface area contributed by atoms with Gasteiger partial charge in [-0.25, -0.2) is 4.99 Å². The lowest BCUT2D eigenvalue weighted by Crippen LogP contribution is -2.19. The summed E-state index contributed by atoms with van der Waals surface area (Å²) in [6.45, 7) is 3.98. The third-order valence-corrected chi connectivity index (χ3v) is 4.45. The highest BCUT2D eigenvalue weighted by atomic mass is 32.2. The van der Waals surface area contributed by atoms with Gasteiger partial charge in [0, 0.05) is 0 Å². The van der Waals surface area contributed by atoms with E-state index < -0.39 is 4.92 Å². The maximum Gasteiger partial charge on any atom is 0.433 e. The number of hydrogen-bond acceptors (Lipinski definition) is 6. The van der Waals surface area contributed by atoms with Crippen LogP contribution in [0.5, 0.6) is 0 Å². The number of carbonyl (C=O) groups is 1. The summed E-state index contributed by atoms with van der Waals surface area (Å²) in [6, 6.07) is 8.68. The molecule has 1 aromatic heterocycles. The maximum atomic E-state index is 12.0. The fourth-order valence-electron chi connectivity index (χ4n) is 2.30. The van der Waals surface area contributed by atoms with Crippen LogP contribution in [0.25, 0.3) is 6.08 Å². The number of hydrogen-bond donors (Lipinski definition) is 1. The minimum absolute atomic E-state index is 0.242. The third-order valence-electron chi connectivity index (χ3n) is 3.53. The van der Waals surface area contributed by atoms with Crippen LogP contribution in [0.4, 0.5) is 11.6 Å². The lowest BCUT2D eigenvalue weighted by molar-refractivity contribution is -0.402. The van der Waals surface area contributed by atoms with Crippen LogP contribution >= 0.6 is 11.8 Å². The van der Waals surface area contributed by atoms with Gasteiger partial charge in [0.05, 0.1) is 16.7 Å². The Morgan fingerprint density at radius 2 is 2.08 bits per heavy atom. The molecule has 8 heteroatoms. The molecule has 0 bridgehead atoms. The van der Waals surface area contributed by atoms with Gasteiger partial charge >= 0.3 is 5.88 Å². The maximum absolute atomic E-state index is 12.0. The highest BCUT2D eigenvalue weighted by Crippen LogP contribution is 2.28. The molecule has 1 amide bonds. The van der Waals surface area contributed by atoms with Crippen LogP contribution in [0.15, 0.2) is 56.8 Å². The van der Waals surface area contributed by atoms with Gasteiger partial charge in [-0.05, 0) is 55.5 Å². The molecule has 26 heavy (non-hydrogen) atoms. The first-order valence-electron chi connectivity index (χ1n) is 7.70. The topological polar surface area (TPSA) is 97.7 Å². The number of nitrogens with zero attached hydrogens (tertiary/aromatic N) is 2. The lowest BCUT2D eigenvalue weighted by Gasteiger charge is -2.02. The molecule has 1 N–H and O–H groups in total. The first-order chi connectivity index (χ1) is 12.4. The molecule has 1 saturated heterocycles. The molecule has 3 rings (SSSR count). The van der Waals surface area contributed by atoms with E-state index >= 15 is 0 Å². The number of amidine groups is 1. The lowest BCUT2D eigenvalue weighted by atomic mass is 10.1. The van der Waals surface area contributed by atoms with Gasteiger partial charge in [0.25, 0.3) is 5.91 Å².